The molecule has 5 aromatic carbocycles. The zero-order valence-electron chi connectivity index (χ0n) is 33.1. The highest BCUT2D eigenvalue weighted by molar-refractivity contribution is 6.11. The molecule has 0 aromatic heterocycles. The van der Waals surface area contributed by atoms with E-state index in [1.165, 1.54) is 0 Å². The maximum atomic E-state index is 14.5. The molecule has 3 aliphatic rings. The Morgan fingerprint density at radius 2 is 0.794 bits per heavy atom. The van der Waals surface area contributed by atoms with Crippen LogP contribution in [0, 0.1) is 0 Å². The van der Waals surface area contributed by atoms with Gasteiger partial charge in [-0.15, -0.1) is 0 Å². The van der Waals surface area contributed by atoms with Gasteiger partial charge in [0.2, 0.25) is 41.1 Å². The number of carbonyl (C=O) groups is 5. The molecule has 3 heterocycles. The van der Waals surface area contributed by atoms with E-state index >= 15 is 0 Å². The summed E-state index contributed by atoms with van der Waals surface area (Å²) in [5.41, 5.74) is -10.4. The van der Waals surface area contributed by atoms with E-state index in [0.717, 1.165) is 0 Å². The number of esters is 5. The van der Waals surface area contributed by atoms with Crippen molar-refractivity contribution in [2.24, 2.45) is 0 Å². The van der Waals surface area contributed by atoms with Gasteiger partial charge in [0.1, 0.15) is 18.3 Å². The molecule has 27 heteroatoms. The van der Waals surface area contributed by atoms with Gasteiger partial charge in [-0.2, -0.15) is 0 Å². The summed E-state index contributed by atoms with van der Waals surface area (Å²) in [7, 11) is 0. The second-order valence-electron chi connectivity index (χ2n) is 14.7. The number of benzene rings is 5. The molecule has 8 rings (SSSR count). The summed E-state index contributed by atoms with van der Waals surface area (Å²) >= 11 is 0. The highest BCUT2D eigenvalue weighted by Crippen LogP contribution is 2.57. The zero-order valence-corrected chi connectivity index (χ0v) is 33.1. The van der Waals surface area contributed by atoms with Gasteiger partial charge in [-0.05, 0) is 30.3 Å². The molecule has 1 fully saturated rings. The van der Waals surface area contributed by atoms with E-state index in [2.05, 4.69) is 0 Å². The van der Waals surface area contributed by atoms with Crippen molar-refractivity contribution >= 4 is 29.8 Å². The maximum Gasteiger partial charge on any atom is 0.343 e. The molecule has 0 unspecified atom stereocenters. The Bertz CT molecular complexity index is 3080. The predicted molar refractivity (Wildman–Crippen MR) is 209 cm³/mol. The topological polar surface area (TPSA) is 464 Å². The number of hydrogen-bond donors (Lipinski definition) is 16. The number of phenols is 16. The number of ether oxygens (including phenoxy) is 6. The third kappa shape index (κ3) is 6.76. The van der Waals surface area contributed by atoms with E-state index in [0.29, 0.717) is 30.3 Å². The SMILES string of the molecule is O=C(O[C@H]1O[C@@H]2COC(=O)c3cc(O)c(O)c(O)c3-c3c(O)c(O)c(O)c(O)c3C(=O)O[C@H]2[C@@H]2OC(=O)c3cc(O)c(O)c(O)c3-c3c(cc(O)c(O)c3O)C(=O)O[C@@H]12)c1cc(O)c(O)c(O)c1. The third-order valence-electron chi connectivity index (χ3n) is 10.8. The van der Waals surface area contributed by atoms with E-state index in [9.17, 15) is 106 Å². The van der Waals surface area contributed by atoms with Gasteiger partial charge in [-0.1, -0.05) is 0 Å². The fraction of sp³-hybridized carbons (Fsp3) is 0.146. The van der Waals surface area contributed by atoms with Crippen molar-refractivity contribution in [3.8, 4) is 114 Å². The van der Waals surface area contributed by atoms with Gasteiger partial charge in [-0.25, -0.2) is 24.0 Å². The first-order chi connectivity index (χ1) is 31.9. The number of rotatable bonds is 2. The van der Waals surface area contributed by atoms with Crippen LogP contribution in [0.3, 0.4) is 0 Å². The average Bonchev–Trinajstić information content (AvgIpc) is 3.30. The van der Waals surface area contributed by atoms with Gasteiger partial charge < -0.3 is 110 Å². The van der Waals surface area contributed by atoms with Crippen molar-refractivity contribution in [2.45, 2.75) is 30.7 Å². The van der Waals surface area contributed by atoms with Crippen LogP contribution in [0.2, 0.25) is 0 Å². The van der Waals surface area contributed by atoms with Crippen molar-refractivity contribution in [1.29, 1.82) is 0 Å². The first-order valence-electron chi connectivity index (χ1n) is 18.7. The summed E-state index contributed by atoms with van der Waals surface area (Å²) in [6, 6.07) is 2.26. The summed E-state index contributed by atoms with van der Waals surface area (Å²) in [5, 5.41) is 169. The van der Waals surface area contributed by atoms with Gasteiger partial charge in [0.05, 0.1) is 27.8 Å². The molecule has 0 saturated carbocycles. The minimum atomic E-state index is -2.60. The largest absolute Gasteiger partial charge is 0.504 e. The lowest BCUT2D eigenvalue weighted by atomic mass is 9.90. The molecule has 0 spiro atoms. The quantitative estimate of drug-likeness (QED) is 0.0514. The fourth-order valence-electron chi connectivity index (χ4n) is 7.51. The smallest absolute Gasteiger partial charge is 0.343 e. The Morgan fingerprint density at radius 3 is 1.28 bits per heavy atom. The molecule has 16 N–H and O–H groups in total. The van der Waals surface area contributed by atoms with Gasteiger partial charge in [-0.3, -0.25) is 0 Å². The van der Waals surface area contributed by atoms with Gasteiger partial charge in [0.25, 0.3) is 0 Å². The van der Waals surface area contributed by atoms with E-state index in [-0.39, 0.29) is 0 Å². The molecule has 3 aliphatic heterocycles. The molecule has 354 valence electrons. The number of phenolic OH excluding ortho intramolecular Hbond substituents is 16. The lowest BCUT2D eigenvalue weighted by Crippen LogP contribution is -2.63. The van der Waals surface area contributed by atoms with Gasteiger partial charge >= 0.3 is 29.8 Å². The monoisotopic (exact) mass is 952 g/mol. The van der Waals surface area contributed by atoms with Crippen LogP contribution in [0.4, 0.5) is 0 Å². The molecule has 0 amide bonds. The van der Waals surface area contributed by atoms with Crippen LogP contribution in [0.25, 0.3) is 22.3 Å². The Balaban J connectivity index is 1.38. The molecule has 0 bridgehead atoms. The molecule has 0 radical (unpaired) electrons. The van der Waals surface area contributed by atoms with Crippen LogP contribution in [0.15, 0.2) is 30.3 Å². The summed E-state index contributed by atoms with van der Waals surface area (Å²) in [6.07, 6.45) is -12.5. The van der Waals surface area contributed by atoms with Crippen molar-refractivity contribution in [3.63, 3.8) is 0 Å². The Hall–Kier alpha value is -9.79. The van der Waals surface area contributed by atoms with E-state index in [4.69, 9.17) is 28.4 Å². The molecule has 1 saturated heterocycles. The molecule has 68 heavy (non-hydrogen) atoms. The second-order valence-corrected chi connectivity index (χ2v) is 14.7. The second kappa shape index (κ2) is 15.7. The van der Waals surface area contributed by atoms with E-state index in [1.54, 1.807) is 0 Å². The third-order valence-corrected chi connectivity index (χ3v) is 10.8. The highest BCUT2D eigenvalue weighted by atomic mass is 16.7. The number of carbonyl (C=O) groups excluding carboxylic acids is 5. The summed E-state index contributed by atoms with van der Waals surface area (Å²) in [6.45, 7) is -1.32. The molecule has 0 aliphatic carbocycles. The van der Waals surface area contributed by atoms with Crippen LogP contribution in [-0.2, 0) is 28.4 Å². The Morgan fingerprint density at radius 1 is 0.412 bits per heavy atom. The zero-order chi connectivity index (χ0) is 49.7. The molecule has 27 nitrogen and oxygen atoms in total. The lowest BCUT2D eigenvalue weighted by molar-refractivity contribution is -0.282. The van der Waals surface area contributed by atoms with Crippen molar-refractivity contribution in [2.75, 3.05) is 6.61 Å². The average molecular weight is 953 g/mol. The Labute approximate surface area is 373 Å². The number of fused-ring (bicyclic) bond motifs is 9. The summed E-state index contributed by atoms with van der Waals surface area (Å²) < 4.78 is 33.4. The highest BCUT2D eigenvalue weighted by Gasteiger charge is 2.56. The van der Waals surface area contributed by atoms with Crippen LogP contribution in [0.5, 0.6) is 92.0 Å². The molecule has 5 atom stereocenters. The van der Waals surface area contributed by atoms with Crippen molar-refractivity contribution in [1.82, 2.24) is 0 Å². The van der Waals surface area contributed by atoms with Gasteiger partial charge in [0, 0.05) is 16.7 Å². The molecule has 5 aromatic rings. The summed E-state index contributed by atoms with van der Waals surface area (Å²) in [5.74, 6) is -31.5. The van der Waals surface area contributed by atoms with E-state index in [1.807, 2.05) is 0 Å². The number of aromatic hydroxyl groups is 16. The molecular weight excluding hydrogens is 924 g/mol. The minimum absolute atomic E-state index is 0.381. The standard InChI is InChI=1S/C41H28O27/c42-11-1-7(2-12(43)22(11)47)36(58)68-41-35-34(66-38(60)9-4-14(45)23(48)26(51)17(9)18-10(39(61)67-35)5-15(46)24(49)27(18)52)33-16(64-41)6-63-37(59)8-3-13(44)25(50)28(53)19(8)20-21(40(62)65-33)30(55)32(57)31(56)29(20)54/h1-5,16,33-35,41-57H,6H2/t16-,33-,34+,35-,41-/m1/s1. The fourth-order valence-corrected chi connectivity index (χ4v) is 7.51. The van der Waals surface area contributed by atoms with Crippen molar-refractivity contribution < 1.29 is 134 Å². The normalized spacial score (nSPS) is 19.9. The van der Waals surface area contributed by atoms with Crippen LogP contribution in [-0.4, -0.2) is 149 Å². The van der Waals surface area contributed by atoms with Gasteiger partial charge in [0.15, 0.2) is 75.5 Å². The van der Waals surface area contributed by atoms with Crippen LogP contribution >= 0.6 is 0 Å². The Kier molecular flexibility index (Phi) is 10.4. The van der Waals surface area contributed by atoms with Crippen molar-refractivity contribution in [3.05, 3.63) is 58.1 Å². The van der Waals surface area contributed by atoms with Crippen LogP contribution < -0.4 is 0 Å². The lowest BCUT2D eigenvalue weighted by Gasteiger charge is -2.44. The van der Waals surface area contributed by atoms with Crippen LogP contribution in [0.1, 0.15) is 51.8 Å². The van der Waals surface area contributed by atoms with E-state index < -0.39 is 209 Å². The minimum Gasteiger partial charge on any atom is -0.504 e. The first kappa shape index (κ1) is 44.8. The number of cyclic esters (lactones) is 1. The maximum absolute atomic E-state index is 14.5. The molecular formula is C41H28O27. The number of hydrogen-bond acceptors (Lipinski definition) is 27. The predicted octanol–water partition coefficient (Wildman–Crippen LogP) is 1.35. The summed E-state index contributed by atoms with van der Waals surface area (Å²) in [4.78, 5) is 70.8. The first-order valence-corrected chi connectivity index (χ1v) is 18.7.